The van der Waals surface area contributed by atoms with Crippen molar-refractivity contribution in [1.29, 1.82) is 0 Å². The van der Waals surface area contributed by atoms with Crippen LogP contribution in [-0.4, -0.2) is 35.6 Å². The van der Waals surface area contributed by atoms with Crippen LogP contribution in [0.1, 0.15) is 32.4 Å². The molecule has 0 amide bonds. The summed E-state index contributed by atoms with van der Waals surface area (Å²) in [7, 11) is 0. The number of rotatable bonds is 7. The Balaban J connectivity index is 1.93. The van der Waals surface area contributed by atoms with Gasteiger partial charge in [-0.2, -0.15) is 5.10 Å². The summed E-state index contributed by atoms with van der Waals surface area (Å²) in [6.07, 6.45) is 1.39. The van der Waals surface area contributed by atoms with Crippen molar-refractivity contribution in [3.63, 3.8) is 0 Å². The predicted octanol–water partition coefficient (Wildman–Crippen LogP) is 5.55. The minimum atomic E-state index is -2.92. The molecule has 3 aromatic heterocycles. The molecule has 7 nitrogen and oxygen atoms in total. The van der Waals surface area contributed by atoms with E-state index in [0.717, 1.165) is 4.68 Å². The van der Waals surface area contributed by atoms with E-state index in [4.69, 9.17) is 16.1 Å². The molecule has 4 rings (SSSR count). The van der Waals surface area contributed by atoms with E-state index in [0.29, 0.717) is 0 Å². The van der Waals surface area contributed by atoms with Crippen LogP contribution in [0.25, 0.3) is 34.0 Å². The van der Waals surface area contributed by atoms with Crippen LogP contribution >= 0.6 is 11.6 Å². The van der Waals surface area contributed by atoms with Gasteiger partial charge in [0.05, 0.1) is 33.5 Å². The molecule has 0 unspecified atom stereocenters. The Morgan fingerprint density at radius 1 is 1.15 bits per heavy atom. The molecule has 0 spiro atoms. The van der Waals surface area contributed by atoms with Crippen LogP contribution in [0.5, 0.6) is 0 Å². The zero-order valence-corrected chi connectivity index (χ0v) is 18.4. The van der Waals surface area contributed by atoms with Crippen LogP contribution in [0.4, 0.5) is 13.2 Å². The SMILES string of the molecule is CC(C)(O)CCn1ncc(-c2onc(-c3c(F)cccc3Cl)c2-c2ncccn2)c1C(F)F. The summed E-state index contributed by atoms with van der Waals surface area (Å²) in [4.78, 5) is 8.36. The molecular weight excluding hydrogens is 459 g/mol. The topological polar surface area (TPSA) is 89.9 Å². The molecule has 11 heteroatoms. The fraction of sp³-hybridized carbons (Fsp3) is 0.273. The van der Waals surface area contributed by atoms with Gasteiger partial charge in [-0.25, -0.2) is 23.1 Å². The predicted molar refractivity (Wildman–Crippen MR) is 115 cm³/mol. The van der Waals surface area contributed by atoms with E-state index in [1.807, 2.05) is 0 Å². The third-order valence-corrected chi connectivity index (χ3v) is 5.26. The first-order valence-corrected chi connectivity index (χ1v) is 10.3. The highest BCUT2D eigenvalue weighted by atomic mass is 35.5. The summed E-state index contributed by atoms with van der Waals surface area (Å²) in [6, 6.07) is 5.68. The van der Waals surface area contributed by atoms with E-state index in [9.17, 15) is 18.3 Å². The first-order valence-electron chi connectivity index (χ1n) is 9.95. The van der Waals surface area contributed by atoms with Crippen molar-refractivity contribution in [3.8, 4) is 34.0 Å². The smallest absolute Gasteiger partial charge is 0.280 e. The molecule has 0 atom stereocenters. The van der Waals surface area contributed by atoms with Gasteiger partial charge in [0.25, 0.3) is 6.43 Å². The van der Waals surface area contributed by atoms with Gasteiger partial charge < -0.3 is 9.63 Å². The van der Waals surface area contributed by atoms with Gasteiger partial charge in [-0.05, 0) is 38.5 Å². The number of hydrogen-bond donors (Lipinski definition) is 1. The van der Waals surface area contributed by atoms with Gasteiger partial charge >= 0.3 is 0 Å². The lowest BCUT2D eigenvalue weighted by Crippen LogP contribution is -2.22. The zero-order chi connectivity index (χ0) is 23.8. The van der Waals surface area contributed by atoms with Gasteiger partial charge in [0.1, 0.15) is 17.2 Å². The minimum Gasteiger partial charge on any atom is -0.390 e. The highest BCUT2D eigenvalue weighted by molar-refractivity contribution is 6.33. The number of alkyl halides is 2. The van der Waals surface area contributed by atoms with E-state index in [-0.39, 0.29) is 52.0 Å². The van der Waals surface area contributed by atoms with Crippen molar-refractivity contribution in [2.75, 3.05) is 0 Å². The Morgan fingerprint density at radius 2 is 1.88 bits per heavy atom. The van der Waals surface area contributed by atoms with E-state index in [1.54, 1.807) is 19.9 Å². The Kier molecular flexibility index (Phi) is 6.22. The quantitative estimate of drug-likeness (QED) is 0.375. The number of halogens is 4. The molecule has 0 aliphatic carbocycles. The lowest BCUT2D eigenvalue weighted by Gasteiger charge is -2.17. The Bertz CT molecular complexity index is 1250. The van der Waals surface area contributed by atoms with Gasteiger partial charge in [-0.1, -0.05) is 22.8 Å². The standard InChI is InChI=1S/C22H19ClF3N5O2/c1-22(2,32)7-10-31-18(20(25)26)12(11-29-31)19-16(21-27-8-4-9-28-21)17(30-33-19)15-13(23)5-3-6-14(15)24/h3-6,8-9,11,20,32H,7,10H2,1-2H3. The maximum Gasteiger partial charge on any atom is 0.280 e. The lowest BCUT2D eigenvalue weighted by molar-refractivity contribution is 0.0626. The monoisotopic (exact) mass is 477 g/mol. The second-order valence-electron chi connectivity index (χ2n) is 7.93. The van der Waals surface area contributed by atoms with Crippen LogP contribution in [-0.2, 0) is 6.54 Å². The summed E-state index contributed by atoms with van der Waals surface area (Å²) in [5.74, 6) is -0.678. The molecule has 172 valence electrons. The zero-order valence-electron chi connectivity index (χ0n) is 17.6. The number of nitrogens with zero attached hydrogens (tertiary/aromatic N) is 5. The molecule has 0 saturated heterocycles. The van der Waals surface area contributed by atoms with Crippen LogP contribution < -0.4 is 0 Å². The maximum absolute atomic E-state index is 14.7. The Labute approximate surface area is 191 Å². The van der Waals surface area contributed by atoms with E-state index in [2.05, 4.69) is 20.2 Å². The molecule has 0 fully saturated rings. The highest BCUT2D eigenvalue weighted by Crippen LogP contribution is 2.43. The van der Waals surface area contributed by atoms with E-state index >= 15 is 0 Å². The Morgan fingerprint density at radius 3 is 2.52 bits per heavy atom. The maximum atomic E-state index is 14.7. The minimum absolute atomic E-state index is 0.0243. The summed E-state index contributed by atoms with van der Waals surface area (Å²) >= 11 is 6.23. The van der Waals surface area contributed by atoms with Gasteiger partial charge in [0.2, 0.25) is 0 Å². The molecule has 0 aliphatic heterocycles. The fourth-order valence-corrected chi connectivity index (χ4v) is 3.61. The summed E-state index contributed by atoms with van der Waals surface area (Å²) in [6.45, 7) is 3.19. The second kappa shape index (κ2) is 8.95. The van der Waals surface area contributed by atoms with Gasteiger partial charge in [-0.15, -0.1) is 0 Å². The van der Waals surface area contributed by atoms with Gasteiger partial charge in [-0.3, -0.25) is 4.68 Å². The van der Waals surface area contributed by atoms with Crippen molar-refractivity contribution in [2.24, 2.45) is 0 Å². The average molecular weight is 478 g/mol. The Hall–Kier alpha value is -3.24. The van der Waals surface area contributed by atoms with Crippen LogP contribution in [0, 0.1) is 5.82 Å². The lowest BCUT2D eigenvalue weighted by atomic mass is 10.0. The number of benzene rings is 1. The number of aryl methyl sites for hydroxylation is 1. The molecule has 0 aliphatic rings. The third kappa shape index (κ3) is 4.62. The normalized spacial score (nSPS) is 12.0. The molecule has 0 radical (unpaired) electrons. The average Bonchev–Trinajstić information content (AvgIpc) is 3.36. The van der Waals surface area contributed by atoms with Crippen LogP contribution in [0.3, 0.4) is 0 Å². The van der Waals surface area contributed by atoms with Crippen molar-refractivity contribution in [1.82, 2.24) is 24.9 Å². The van der Waals surface area contributed by atoms with Crippen LogP contribution in [0.15, 0.2) is 47.4 Å². The molecule has 1 N–H and O–H groups in total. The van der Waals surface area contributed by atoms with Crippen molar-refractivity contribution in [2.45, 2.75) is 38.8 Å². The molecule has 0 bridgehead atoms. The molecule has 4 aromatic rings. The largest absolute Gasteiger partial charge is 0.390 e. The van der Waals surface area contributed by atoms with Gasteiger partial charge in [0, 0.05) is 18.9 Å². The number of aromatic nitrogens is 5. The molecule has 0 saturated carbocycles. The first-order chi connectivity index (χ1) is 15.7. The second-order valence-corrected chi connectivity index (χ2v) is 8.34. The number of aliphatic hydroxyl groups is 1. The number of hydrogen-bond acceptors (Lipinski definition) is 6. The van der Waals surface area contributed by atoms with Crippen LogP contribution in [0.2, 0.25) is 5.02 Å². The molecule has 33 heavy (non-hydrogen) atoms. The molecule has 1 aromatic carbocycles. The van der Waals surface area contributed by atoms with Crippen molar-refractivity contribution >= 4 is 11.6 Å². The highest BCUT2D eigenvalue weighted by Gasteiger charge is 2.31. The van der Waals surface area contributed by atoms with E-state index in [1.165, 1.54) is 36.8 Å². The van der Waals surface area contributed by atoms with Crippen molar-refractivity contribution < 1.29 is 22.8 Å². The third-order valence-electron chi connectivity index (χ3n) is 4.95. The fourth-order valence-electron chi connectivity index (χ4n) is 3.36. The summed E-state index contributed by atoms with van der Waals surface area (Å²) in [5, 5.41) is 18.1. The summed E-state index contributed by atoms with van der Waals surface area (Å²) in [5.41, 5.74) is -1.54. The van der Waals surface area contributed by atoms with Gasteiger partial charge in [0.15, 0.2) is 11.6 Å². The van der Waals surface area contributed by atoms with Crippen molar-refractivity contribution in [3.05, 3.63) is 59.4 Å². The molecule has 3 heterocycles. The summed E-state index contributed by atoms with van der Waals surface area (Å²) < 4.78 is 49.5. The molecular formula is C22H19ClF3N5O2. The first kappa shape index (κ1) is 22.9. The van der Waals surface area contributed by atoms with E-state index < -0.39 is 23.5 Å².